The first-order valence-corrected chi connectivity index (χ1v) is 5.83. The van der Waals surface area contributed by atoms with Crippen molar-refractivity contribution in [2.75, 3.05) is 32.8 Å². The third-order valence-electron chi connectivity index (χ3n) is 2.52. The second kappa shape index (κ2) is 9.36. The van der Waals surface area contributed by atoms with Crippen molar-refractivity contribution in [2.24, 2.45) is 0 Å². The summed E-state index contributed by atoms with van der Waals surface area (Å²) in [5.41, 5.74) is 0.257. The largest absolute Gasteiger partial charge is 0.478 e. The van der Waals surface area contributed by atoms with Crippen molar-refractivity contribution >= 4 is 5.97 Å². The number of carboxylic acid groups (broad SMARTS) is 1. The van der Waals surface area contributed by atoms with Gasteiger partial charge in [-0.2, -0.15) is 0 Å². The molecule has 0 unspecified atom stereocenters. The molecule has 0 bridgehead atoms. The number of rotatable bonds is 10. The number of aliphatic carboxylic acids is 1. The van der Waals surface area contributed by atoms with E-state index in [1.54, 1.807) is 0 Å². The highest BCUT2D eigenvalue weighted by atomic mass is 16.5. The summed E-state index contributed by atoms with van der Waals surface area (Å²) in [6, 6.07) is 0. The Hall–Kier alpha value is -0.870. The first-order chi connectivity index (χ1) is 7.61. The van der Waals surface area contributed by atoms with Crippen molar-refractivity contribution in [3.05, 3.63) is 12.2 Å². The van der Waals surface area contributed by atoms with Crippen LogP contribution in [0.3, 0.4) is 0 Å². The van der Waals surface area contributed by atoms with Gasteiger partial charge < -0.3 is 14.7 Å². The van der Waals surface area contributed by atoms with Gasteiger partial charge in [-0.15, -0.1) is 0 Å². The third kappa shape index (κ3) is 7.43. The van der Waals surface area contributed by atoms with Gasteiger partial charge in [0.1, 0.15) is 0 Å². The first-order valence-electron chi connectivity index (χ1n) is 5.83. The van der Waals surface area contributed by atoms with Crippen LogP contribution in [0.15, 0.2) is 12.2 Å². The van der Waals surface area contributed by atoms with Crippen LogP contribution in [0, 0.1) is 0 Å². The number of hydrogen-bond donors (Lipinski definition) is 1. The Morgan fingerprint density at radius 3 is 2.44 bits per heavy atom. The third-order valence-corrected chi connectivity index (χ3v) is 2.52. The fraction of sp³-hybridized carbons (Fsp3) is 0.750. The smallest absolute Gasteiger partial charge is 0.330 e. The molecule has 4 heteroatoms. The van der Waals surface area contributed by atoms with Crippen LogP contribution in [0.5, 0.6) is 0 Å². The first kappa shape index (κ1) is 15.1. The Kier molecular flexibility index (Phi) is 8.85. The summed E-state index contributed by atoms with van der Waals surface area (Å²) in [6.07, 6.45) is 1.23. The molecule has 0 aromatic rings. The van der Waals surface area contributed by atoms with E-state index in [1.807, 2.05) is 0 Å². The molecule has 4 nitrogen and oxygen atoms in total. The second-order valence-electron chi connectivity index (χ2n) is 3.65. The average molecular weight is 229 g/mol. The lowest BCUT2D eigenvalue weighted by Crippen LogP contribution is -2.27. The molecule has 0 aliphatic rings. The molecule has 0 aromatic heterocycles. The monoisotopic (exact) mass is 229 g/mol. The molecule has 0 rings (SSSR count). The molecule has 0 aliphatic carbocycles. The minimum Gasteiger partial charge on any atom is -0.478 e. The number of likely N-dealkylation sites (N-methyl/N-ethyl adjacent to an activating group) is 1. The van der Waals surface area contributed by atoms with E-state index in [0.717, 1.165) is 26.1 Å². The number of nitrogens with zero attached hydrogens (tertiary/aromatic N) is 1. The van der Waals surface area contributed by atoms with E-state index in [4.69, 9.17) is 9.84 Å². The molecule has 0 aliphatic heterocycles. The summed E-state index contributed by atoms with van der Waals surface area (Å²) in [7, 11) is 0. The maximum absolute atomic E-state index is 10.4. The molecule has 0 heterocycles. The lowest BCUT2D eigenvalue weighted by Gasteiger charge is -2.17. The van der Waals surface area contributed by atoms with Crippen LogP contribution in [0.1, 0.15) is 26.7 Å². The lowest BCUT2D eigenvalue weighted by atomic mass is 10.2. The van der Waals surface area contributed by atoms with Gasteiger partial charge >= 0.3 is 5.97 Å². The summed E-state index contributed by atoms with van der Waals surface area (Å²) in [5, 5.41) is 8.57. The Bertz CT molecular complexity index is 212. The van der Waals surface area contributed by atoms with E-state index in [-0.39, 0.29) is 5.57 Å². The molecule has 0 spiro atoms. The van der Waals surface area contributed by atoms with E-state index in [1.165, 1.54) is 0 Å². The fourth-order valence-electron chi connectivity index (χ4n) is 1.33. The Balaban J connectivity index is 3.34. The molecule has 1 N–H and O–H groups in total. The van der Waals surface area contributed by atoms with Gasteiger partial charge in [-0.1, -0.05) is 20.4 Å². The topological polar surface area (TPSA) is 49.8 Å². The summed E-state index contributed by atoms with van der Waals surface area (Å²) in [6.45, 7) is 12.0. The Labute approximate surface area is 97.9 Å². The molecule has 94 valence electrons. The molecular formula is C12H23NO3. The van der Waals surface area contributed by atoms with Gasteiger partial charge in [0.25, 0.3) is 0 Å². The van der Waals surface area contributed by atoms with Crippen LogP contribution >= 0.6 is 0 Å². The summed E-state index contributed by atoms with van der Waals surface area (Å²) >= 11 is 0. The van der Waals surface area contributed by atoms with Crippen LogP contribution in [-0.2, 0) is 9.53 Å². The normalized spacial score (nSPS) is 10.7. The van der Waals surface area contributed by atoms with Gasteiger partial charge in [-0.3, -0.25) is 0 Å². The zero-order chi connectivity index (χ0) is 12.4. The molecule has 0 saturated heterocycles. The number of carbonyl (C=O) groups is 1. The maximum atomic E-state index is 10.4. The standard InChI is InChI=1S/C12H23NO3/c1-4-13(5-2)8-10-16-9-6-7-11(3)12(14)15/h3-10H2,1-2H3,(H,14,15). The summed E-state index contributed by atoms with van der Waals surface area (Å²) in [5.74, 6) is -0.914. The van der Waals surface area contributed by atoms with Crippen molar-refractivity contribution < 1.29 is 14.6 Å². The van der Waals surface area contributed by atoms with E-state index in [2.05, 4.69) is 25.3 Å². The van der Waals surface area contributed by atoms with Crippen molar-refractivity contribution in [1.82, 2.24) is 4.90 Å². The average Bonchev–Trinajstić information content (AvgIpc) is 2.27. The molecule has 0 amide bonds. The summed E-state index contributed by atoms with van der Waals surface area (Å²) < 4.78 is 5.42. The van der Waals surface area contributed by atoms with Crippen LogP contribution in [0.25, 0.3) is 0 Å². The lowest BCUT2D eigenvalue weighted by molar-refractivity contribution is -0.132. The zero-order valence-electron chi connectivity index (χ0n) is 10.4. The Morgan fingerprint density at radius 1 is 1.31 bits per heavy atom. The van der Waals surface area contributed by atoms with E-state index < -0.39 is 5.97 Å². The highest BCUT2D eigenvalue weighted by molar-refractivity contribution is 5.85. The highest BCUT2D eigenvalue weighted by Crippen LogP contribution is 2.02. The van der Waals surface area contributed by atoms with E-state index in [0.29, 0.717) is 19.6 Å². The van der Waals surface area contributed by atoms with Crippen LogP contribution in [-0.4, -0.2) is 48.8 Å². The number of ether oxygens (including phenoxy) is 1. The SMILES string of the molecule is C=C(CCCOCCN(CC)CC)C(=O)O. The number of hydrogen-bond acceptors (Lipinski definition) is 3. The predicted octanol–water partition coefficient (Wildman–Crippen LogP) is 1.77. The molecule has 0 saturated carbocycles. The molecule has 0 aromatic carbocycles. The summed E-state index contributed by atoms with van der Waals surface area (Å²) in [4.78, 5) is 12.7. The van der Waals surface area contributed by atoms with Crippen molar-refractivity contribution in [2.45, 2.75) is 26.7 Å². The van der Waals surface area contributed by atoms with Crippen LogP contribution in [0.4, 0.5) is 0 Å². The van der Waals surface area contributed by atoms with Crippen molar-refractivity contribution in [3.8, 4) is 0 Å². The Morgan fingerprint density at radius 2 is 1.94 bits per heavy atom. The van der Waals surface area contributed by atoms with Gasteiger partial charge in [0.05, 0.1) is 6.61 Å². The van der Waals surface area contributed by atoms with Gasteiger partial charge in [0, 0.05) is 18.7 Å². The zero-order valence-corrected chi connectivity index (χ0v) is 10.4. The van der Waals surface area contributed by atoms with Crippen molar-refractivity contribution in [1.29, 1.82) is 0 Å². The molecule has 0 fully saturated rings. The van der Waals surface area contributed by atoms with Crippen molar-refractivity contribution in [3.63, 3.8) is 0 Å². The van der Waals surface area contributed by atoms with Crippen LogP contribution < -0.4 is 0 Å². The molecule has 0 radical (unpaired) electrons. The molecular weight excluding hydrogens is 206 g/mol. The van der Waals surface area contributed by atoms with Gasteiger partial charge in [0.15, 0.2) is 0 Å². The van der Waals surface area contributed by atoms with Gasteiger partial charge in [-0.25, -0.2) is 4.79 Å². The maximum Gasteiger partial charge on any atom is 0.330 e. The molecule has 0 atom stereocenters. The quantitative estimate of drug-likeness (QED) is 0.458. The highest BCUT2D eigenvalue weighted by Gasteiger charge is 2.03. The molecule has 16 heavy (non-hydrogen) atoms. The van der Waals surface area contributed by atoms with Crippen LogP contribution in [0.2, 0.25) is 0 Å². The van der Waals surface area contributed by atoms with Gasteiger partial charge in [-0.05, 0) is 25.9 Å². The van der Waals surface area contributed by atoms with E-state index in [9.17, 15) is 4.79 Å². The predicted molar refractivity (Wildman–Crippen MR) is 64.6 cm³/mol. The minimum atomic E-state index is -0.914. The second-order valence-corrected chi connectivity index (χ2v) is 3.65. The van der Waals surface area contributed by atoms with Gasteiger partial charge in [0.2, 0.25) is 0 Å². The fourth-order valence-corrected chi connectivity index (χ4v) is 1.33. The minimum absolute atomic E-state index is 0.257. The van der Waals surface area contributed by atoms with E-state index >= 15 is 0 Å². The number of carboxylic acids is 1.